The van der Waals surface area contributed by atoms with Gasteiger partial charge in [-0.1, -0.05) is 44.2 Å². The van der Waals surface area contributed by atoms with E-state index in [9.17, 15) is 4.79 Å². The molecule has 0 bridgehead atoms. The number of carbonyl (C=O) groups is 1. The minimum atomic E-state index is -0.807. The molecule has 1 rings (SSSR count). The van der Waals surface area contributed by atoms with Crippen molar-refractivity contribution in [2.45, 2.75) is 33.4 Å². The van der Waals surface area contributed by atoms with Crippen LogP contribution in [0, 0.1) is 5.41 Å². The highest BCUT2D eigenvalue weighted by molar-refractivity contribution is 5.72. The minimum Gasteiger partial charge on any atom is -0.480 e. The van der Waals surface area contributed by atoms with Gasteiger partial charge in [0.2, 0.25) is 0 Å². The van der Waals surface area contributed by atoms with E-state index in [0.29, 0.717) is 6.54 Å². The van der Waals surface area contributed by atoms with Gasteiger partial charge in [0, 0.05) is 19.6 Å². The lowest BCUT2D eigenvalue weighted by Crippen LogP contribution is -2.44. The Hall–Kier alpha value is -1.39. The summed E-state index contributed by atoms with van der Waals surface area (Å²) in [4.78, 5) is 13.1. The molecule has 4 heteroatoms. The Morgan fingerprint density at radius 2 is 1.95 bits per heavy atom. The summed E-state index contributed by atoms with van der Waals surface area (Å²) in [6.45, 7) is 8.46. The van der Waals surface area contributed by atoms with Crippen molar-refractivity contribution in [3.8, 4) is 0 Å². The van der Waals surface area contributed by atoms with Gasteiger partial charge >= 0.3 is 5.97 Å². The molecule has 0 aliphatic rings. The Labute approximate surface area is 121 Å². The average molecular weight is 278 g/mol. The Balaban J connectivity index is 2.42. The SMILES string of the molecule is CC(NCC(C)(C)CN(C)Cc1ccccc1)C(=O)O. The standard InChI is InChI=1S/C16H26N2O2/c1-13(15(19)20)17-11-16(2,3)12-18(4)10-14-8-6-5-7-9-14/h5-9,13,17H,10-12H2,1-4H3,(H,19,20). The van der Waals surface area contributed by atoms with Gasteiger partial charge in [-0.2, -0.15) is 0 Å². The van der Waals surface area contributed by atoms with E-state index < -0.39 is 12.0 Å². The predicted molar refractivity (Wildman–Crippen MR) is 81.7 cm³/mol. The molecule has 1 unspecified atom stereocenters. The third kappa shape index (κ3) is 6.17. The van der Waals surface area contributed by atoms with Crippen LogP contribution >= 0.6 is 0 Å². The zero-order chi connectivity index (χ0) is 15.2. The van der Waals surface area contributed by atoms with Gasteiger partial charge in [0.15, 0.2) is 0 Å². The van der Waals surface area contributed by atoms with Crippen molar-refractivity contribution in [2.75, 3.05) is 20.1 Å². The summed E-state index contributed by atoms with van der Waals surface area (Å²) in [5.41, 5.74) is 1.31. The molecular weight excluding hydrogens is 252 g/mol. The van der Waals surface area contributed by atoms with Crippen LogP contribution < -0.4 is 5.32 Å². The number of nitrogens with one attached hydrogen (secondary N) is 1. The van der Waals surface area contributed by atoms with Gasteiger partial charge in [-0.25, -0.2) is 0 Å². The van der Waals surface area contributed by atoms with E-state index in [1.807, 2.05) is 18.2 Å². The van der Waals surface area contributed by atoms with E-state index in [1.54, 1.807) is 6.92 Å². The van der Waals surface area contributed by atoms with Crippen LogP contribution in [0.25, 0.3) is 0 Å². The van der Waals surface area contributed by atoms with E-state index in [2.05, 4.69) is 43.2 Å². The minimum absolute atomic E-state index is 0.0211. The Bertz CT molecular complexity index is 418. The molecule has 0 aliphatic carbocycles. The molecule has 112 valence electrons. The predicted octanol–water partition coefficient (Wildman–Crippen LogP) is 2.21. The van der Waals surface area contributed by atoms with Crippen molar-refractivity contribution < 1.29 is 9.90 Å². The van der Waals surface area contributed by atoms with Gasteiger partial charge in [0.05, 0.1) is 0 Å². The highest BCUT2D eigenvalue weighted by Crippen LogP contribution is 2.16. The maximum Gasteiger partial charge on any atom is 0.320 e. The Morgan fingerprint density at radius 3 is 2.50 bits per heavy atom. The molecule has 2 N–H and O–H groups in total. The van der Waals surface area contributed by atoms with Crippen LogP contribution in [0.4, 0.5) is 0 Å². The van der Waals surface area contributed by atoms with Crippen molar-refractivity contribution in [3.63, 3.8) is 0 Å². The molecule has 0 saturated carbocycles. The normalized spacial score (nSPS) is 13.4. The van der Waals surface area contributed by atoms with Gasteiger partial charge in [-0.05, 0) is 24.9 Å². The van der Waals surface area contributed by atoms with Crippen LogP contribution in [0.15, 0.2) is 30.3 Å². The quantitative estimate of drug-likeness (QED) is 0.765. The maximum atomic E-state index is 10.8. The van der Waals surface area contributed by atoms with Crippen LogP contribution in [-0.2, 0) is 11.3 Å². The number of nitrogens with zero attached hydrogens (tertiary/aromatic N) is 1. The summed E-state index contributed by atoms with van der Waals surface area (Å²) >= 11 is 0. The van der Waals surface area contributed by atoms with Crippen LogP contribution in [0.5, 0.6) is 0 Å². The molecule has 0 radical (unpaired) electrons. The molecule has 0 aliphatic heterocycles. The fourth-order valence-electron chi connectivity index (χ4n) is 2.25. The molecule has 0 heterocycles. The first kappa shape index (κ1) is 16.7. The third-order valence-corrected chi connectivity index (χ3v) is 3.25. The summed E-state index contributed by atoms with van der Waals surface area (Å²) in [6, 6.07) is 9.84. The van der Waals surface area contributed by atoms with E-state index in [0.717, 1.165) is 13.1 Å². The van der Waals surface area contributed by atoms with Crippen LogP contribution in [0.2, 0.25) is 0 Å². The Morgan fingerprint density at radius 1 is 1.35 bits per heavy atom. The molecule has 0 amide bonds. The third-order valence-electron chi connectivity index (χ3n) is 3.25. The lowest BCUT2D eigenvalue weighted by atomic mass is 9.92. The molecule has 0 fully saturated rings. The van der Waals surface area contributed by atoms with Gasteiger partial charge in [0.1, 0.15) is 6.04 Å². The van der Waals surface area contributed by atoms with Gasteiger partial charge in [-0.3, -0.25) is 4.79 Å². The van der Waals surface area contributed by atoms with Crippen molar-refractivity contribution in [1.82, 2.24) is 10.2 Å². The van der Waals surface area contributed by atoms with E-state index in [-0.39, 0.29) is 5.41 Å². The number of carboxylic acid groups (broad SMARTS) is 1. The van der Waals surface area contributed by atoms with Gasteiger partial charge in [0.25, 0.3) is 0 Å². The summed E-state index contributed by atoms with van der Waals surface area (Å²) in [7, 11) is 2.09. The lowest BCUT2D eigenvalue weighted by Gasteiger charge is -2.31. The fourth-order valence-corrected chi connectivity index (χ4v) is 2.25. The molecule has 4 nitrogen and oxygen atoms in total. The number of hydrogen-bond donors (Lipinski definition) is 2. The first-order chi connectivity index (χ1) is 9.30. The second kappa shape index (κ2) is 7.41. The number of carboxylic acids is 1. The first-order valence-electron chi connectivity index (χ1n) is 6.99. The van der Waals surface area contributed by atoms with E-state index in [1.165, 1.54) is 5.56 Å². The Kier molecular flexibility index (Phi) is 6.17. The monoisotopic (exact) mass is 278 g/mol. The van der Waals surface area contributed by atoms with Crippen molar-refractivity contribution in [2.24, 2.45) is 5.41 Å². The molecule has 0 saturated heterocycles. The lowest BCUT2D eigenvalue weighted by molar-refractivity contribution is -0.139. The van der Waals surface area contributed by atoms with Gasteiger partial charge < -0.3 is 15.3 Å². The van der Waals surface area contributed by atoms with Crippen molar-refractivity contribution in [1.29, 1.82) is 0 Å². The fraction of sp³-hybridized carbons (Fsp3) is 0.562. The van der Waals surface area contributed by atoms with Crippen LogP contribution in [-0.4, -0.2) is 42.2 Å². The van der Waals surface area contributed by atoms with Crippen molar-refractivity contribution >= 4 is 5.97 Å². The molecule has 0 aromatic heterocycles. The summed E-state index contributed by atoms with van der Waals surface area (Å²) in [6.07, 6.45) is 0. The van der Waals surface area contributed by atoms with Crippen molar-refractivity contribution in [3.05, 3.63) is 35.9 Å². The molecule has 20 heavy (non-hydrogen) atoms. The number of rotatable bonds is 8. The molecular formula is C16H26N2O2. The second-order valence-electron chi connectivity index (χ2n) is 6.26. The molecule has 1 aromatic rings. The highest BCUT2D eigenvalue weighted by atomic mass is 16.4. The zero-order valence-corrected chi connectivity index (χ0v) is 12.9. The van der Waals surface area contributed by atoms with E-state index in [4.69, 9.17) is 5.11 Å². The molecule has 1 atom stereocenters. The summed E-state index contributed by atoms with van der Waals surface area (Å²) in [5, 5.41) is 11.9. The average Bonchev–Trinajstić information content (AvgIpc) is 2.36. The first-order valence-corrected chi connectivity index (χ1v) is 6.99. The molecule has 1 aromatic carbocycles. The number of aliphatic carboxylic acids is 1. The number of benzene rings is 1. The van der Waals surface area contributed by atoms with Crippen LogP contribution in [0.1, 0.15) is 26.3 Å². The zero-order valence-electron chi connectivity index (χ0n) is 12.9. The second-order valence-corrected chi connectivity index (χ2v) is 6.26. The topological polar surface area (TPSA) is 52.6 Å². The maximum absolute atomic E-state index is 10.8. The largest absolute Gasteiger partial charge is 0.480 e. The van der Waals surface area contributed by atoms with Gasteiger partial charge in [-0.15, -0.1) is 0 Å². The number of hydrogen-bond acceptors (Lipinski definition) is 3. The summed E-state index contributed by atoms with van der Waals surface area (Å²) in [5.74, 6) is -0.807. The van der Waals surface area contributed by atoms with Crippen LogP contribution in [0.3, 0.4) is 0 Å². The smallest absolute Gasteiger partial charge is 0.320 e. The molecule has 0 spiro atoms. The highest BCUT2D eigenvalue weighted by Gasteiger charge is 2.22. The summed E-state index contributed by atoms with van der Waals surface area (Å²) < 4.78 is 0. The van der Waals surface area contributed by atoms with E-state index >= 15 is 0 Å².